The molecule has 5 nitrogen and oxygen atoms in total. The molecule has 2 atom stereocenters. The monoisotopic (exact) mass is 366 g/mol. The minimum atomic E-state index is -0.850. The number of rotatable bonds is 6. The zero-order valence-electron chi connectivity index (χ0n) is 14.0. The highest BCUT2D eigenvalue weighted by Crippen LogP contribution is 2.24. The summed E-state index contributed by atoms with van der Waals surface area (Å²) in [5.41, 5.74) is 7.06. The molecule has 0 aliphatic rings. The minimum Gasteiger partial charge on any atom is -0.351 e. The predicted molar refractivity (Wildman–Crippen MR) is 101 cm³/mol. The summed E-state index contributed by atoms with van der Waals surface area (Å²) in [5.74, 6) is -0.429. The van der Waals surface area contributed by atoms with E-state index in [-0.39, 0.29) is 6.04 Å². The number of nitrogens with one attached hydrogen (secondary N) is 1. The summed E-state index contributed by atoms with van der Waals surface area (Å²) in [5, 5.41) is 6.20. The summed E-state index contributed by atoms with van der Waals surface area (Å²) in [4.78, 5) is 25.0. The number of hydrogen-bond acceptors (Lipinski definition) is 3. The third-order valence-corrected chi connectivity index (χ3v) is 5.04. The van der Waals surface area contributed by atoms with Gasteiger partial charge in [-0.1, -0.05) is 66.7 Å². The average molecular weight is 366 g/mol. The summed E-state index contributed by atoms with van der Waals surface area (Å²) < 4.78 is 0. The lowest BCUT2D eigenvalue weighted by atomic mass is 10.0. The molecular formula is C20H20N3O2S+. The molecule has 3 rings (SSSR count). The second-order valence-corrected chi connectivity index (χ2v) is 6.82. The van der Waals surface area contributed by atoms with Crippen LogP contribution < -0.4 is 16.4 Å². The third kappa shape index (κ3) is 4.36. The van der Waals surface area contributed by atoms with Crippen LogP contribution in [0, 0.1) is 0 Å². The van der Waals surface area contributed by atoms with Gasteiger partial charge in [0.1, 0.15) is 6.04 Å². The Bertz CT molecular complexity index is 851. The summed E-state index contributed by atoms with van der Waals surface area (Å²) in [6, 6.07) is 21.9. The number of quaternary nitrogens is 1. The van der Waals surface area contributed by atoms with Crippen molar-refractivity contribution in [3.63, 3.8) is 0 Å². The zero-order valence-corrected chi connectivity index (χ0v) is 14.9. The number of benzene rings is 2. The van der Waals surface area contributed by atoms with Crippen LogP contribution in [0.1, 0.15) is 28.1 Å². The third-order valence-electron chi connectivity index (χ3n) is 4.08. The maximum atomic E-state index is 12.7. The van der Waals surface area contributed by atoms with Crippen molar-refractivity contribution in [2.24, 2.45) is 5.73 Å². The van der Waals surface area contributed by atoms with E-state index >= 15 is 0 Å². The molecule has 5 N–H and O–H groups in total. The van der Waals surface area contributed by atoms with Gasteiger partial charge >= 0.3 is 6.03 Å². The number of thiophene rings is 1. The Balaban J connectivity index is 1.97. The molecule has 0 spiro atoms. The molecule has 0 saturated heterocycles. The second kappa shape index (κ2) is 8.42. The SMILES string of the molecule is NC(=O)NC(=O)[C@@H]([NH2+][C@@H](c1ccccc1)c1cccs1)c1ccccc1. The largest absolute Gasteiger partial charge is 0.351 e. The molecule has 3 amide bonds. The van der Waals surface area contributed by atoms with Gasteiger partial charge in [-0.05, 0) is 11.4 Å². The summed E-state index contributed by atoms with van der Waals surface area (Å²) in [6.45, 7) is 0. The van der Waals surface area contributed by atoms with E-state index in [1.807, 2.05) is 83.5 Å². The number of imide groups is 1. The van der Waals surface area contributed by atoms with E-state index in [4.69, 9.17) is 5.73 Å². The predicted octanol–water partition coefficient (Wildman–Crippen LogP) is 2.34. The molecule has 0 aliphatic carbocycles. The normalized spacial score (nSPS) is 12.9. The molecule has 2 aromatic carbocycles. The molecule has 3 aromatic rings. The molecule has 1 heterocycles. The van der Waals surface area contributed by atoms with Gasteiger partial charge in [0.25, 0.3) is 5.91 Å². The Morgan fingerprint density at radius 2 is 1.50 bits per heavy atom. The van der Waals surface area contributed by atoms with Gasteiger partial charge in [0.05, 0.1) is 4.88 Å². The van der Waals surface area contributed by atoms with E-state index in [0.717, 1.165) is 16.0 Å². The molecular weight excluding hydrogens is 346 g/mol. The summed E-state index contributed by atoms with van der Waals surface area (Å²) >= 11 is 1.63. The van der Waals surface area contributed by atoms with Gasteiger partial charge in [-0.3, -0.25) is 10.1 Å². The number of carbonyl (C=O) groups excluding carboxylic acids is 2. The molecule has 0 fully saturated rings. The Kier molecular flexibility index (Phi) is 5.78. The van der Waals surface area contributed by atoms with Gasteiger partial charge in [-0.2, -0.15) is 0 Å². The van der Waals surface area contributed by atoms with Gasteiger partial charge in [0.15, 0.2) is 6.04 Å². The number of primary amides is 1. The van der Waals surface area contributed by atoms with Crippen molar-refractivity contribution in [3.8, 4) is 0 Å². The molecule has 0 bridgehead atoms. The van der Waals surface area contributed by atoms with Crippen molar-refractivity contribution in [1.29, 1.82) is 0 Å². The summed E-state index contributed by atoms with van der Waals surface area (Å²) in [6.07, 6.45) is 0. The van der Waals surface area contributed by atoms with E-state index in [9.17, 15) is 9.59 Å². The van der Waals surface area contributed by atoms with Gasteiger partial charge in [-0.25, -0.2) is 4.79 Å². The first-order chi connectivity index (χ1) is 12.6. The van der Waals surface area contributed by atoms with Crippen LogP contribution in [0.3, 0.4) is 0 Å². The van der Waals surface area contributed by atoms with E-state index in [1.54, 1.807) is 11.3 Å². The van der Waals surface area contributed by atoms with Crippen LogP contribution in [0.2, 0.25) is 0 Å². The van der Waals surface area contributed by atoms with Gasteiger partial charge in [0, 0.05) is 11.1 Å². The van der Waals surface area contributed by atoms with Crippen LogP contribution >= 0.6 is 11.3 Å². The molecule has 132 valence electrons. The zero-order chi connectivity index (χ0) is 18.4. The van der Waals surface area contributed by atoms with Crippen LogP contribution in [-0.2, 0) is 4.79 Å². The van der Waals surface area contributed by atoms with Crippen LogP contribution in [0.25, 0.3) is 0 Å². The maximum absolute atomic E-state index is 12.7. The fraction of sp³-hybridized carbons (Fsp3) is 0.100. The lowest BCUT2D eigenvalue weighted by Gasteiger charge is -2.21. The fourth-order valence-corrected chi connectivity index (χ4v) is 3.73. The van der Waals surface area contributed by atoms with Crippen molar-refractivity contribution in [3.05, 3.63) is 94.2 Å². The van der Waals surface area contributed by atoms with Gasteiger partial charge in [-0.15, -0.1) is 11.3 Å². The fourth-order valence-electron chi connectivity index (χ4n) is 2.90. The van der Waals surface area contributed by atoms with Crippen LogP contribution in [0.4, 0.5) is 4.79 Å². The lowest BCUT2D eigenvalue weighted by molar-refractivity contribution is -0.713. The topological polar surface area (TPSA) is 88.8 Å². The first-order valence-electron chi connectivity index (χ1n) is 8.23. The van der Waals surface area contributed by atoms with Crippen molar-refractivity contribution in [2.45, 2.75) is 12.1 Å². The maximum Gasteiger partial charge on any atom is 0.319 e. The number of carbonyl (C=O) groups is 2. The van der Waals surface area contributed by atoms with E-state index in [0.29, 0.717) is 0 Å². The molecule has 6 heteroatoms. The highest BCUT2D eigenvalue weighted by atomic mass is 32.1. The molecule has 0 aliphatic heterocycles. The van der Waals surface area contributed by atoms with Gasteiger partial charge < -0.3 is 11.1 Å². The van der Waals surface area contributed by atoms with Crippen molar-refractivity contribution in [1.82, 2.24) is 5.32 Å². The highest BCUT2D eigenvalue weighted by Gasteiger charge is 2.30. The average Bonchev–Trinajstić information content (AvgIpc) is 3.17. The van der Waals surface area contributed by atoms with Crippen molar-refractivity contribution < 1.29 is 14.9 Å². The van der Waals surface area contributed by atoms with Crippen molar-refractivity contribution >= 4 is 23.3 Å². The van der Waals surface area contributed by atoms with Crippen LogP contribution in [-0.4, -0.2) is 11.9 Å². The first-order valence-corrected chi connectivity index (χ1v) is 9.11. The number of urea groups is 1. The Labute approximate surface area is 155 Å². The van der Waals surface area contributed by atoms with Gasteiger partial charge in [0.2, 0.25) is 0 Å². The molecule has 26 heavy (non-hydrogen) atoms. The quantitative estimate of drug-likeness (QED) is 0.625. The minimum absolute atomic E-state index is 0.0694. The summed E-state index contributed by atoms with van der Waals surface area (Å²) in [7, 11) is 0. The second-order valence-electron chi connectivity index (χ2n) is 5.84. The Hall–Kier alpha value is -2.96. The molecule has 0 radical (unpaired) electrons. The molecule has 0 saturated carbocycles. The van der Waals surface area contributed by atoms with Crippen molar-refractivity contribution in [2.75, 3.05) is 0 Å². The van der Waals surface area contributed by atoms with E-state index in [1.165, 1.54) is 0 Å². The van der Waals surface area contributed by atoms with E-state index in [2.05, 4.69) is 5.32 Å². The first kappa shape index (κ1) is 17.8. The Morgan fingerprint density at radius 3 is 2.04 bits per heavy atom. The smallest absolute Gasteiger partial charge is 0.319 e. The molecule has 1 aromatic heterocycles. The standard InChI is InChI=1S/C20H19N3O2S/c21-20(25)23-19(24)18(15-10-5-2-6-11-15)22-17(16-12-7-13-26-16)14-8-3-1-4-9-14/h1-13,17-18,22H,(H3,21,23,24,25)/p+1/t17-,18-/m0/s1. The van der Waals surface area contributed by atoms with Crippen LogP contribution in [0.5, 0.6) is 0 Å². The number of hydrogen-bond donors (Lipinski definition) is 3. The number of amides is 3. The Morgan fingerprint density at radius 1 is 0.885 bits per heavy atom. The highest BCUT2D eigenvalue weighted by molar-refractivity contribution is 7.10. The van der Waals surface area contributed by atoms with Crippen LogP contribution in [0.15, 0.2) is 78.2 Å². The number of nitrogens with two attached hydrogens (primary N) is 2. The van der Waals surface area contributed by atoms with E-state index < -0.39 is 18.0 Å². The molecule has 0 unspecified atom stereocenters. The lowest BCUT2D eigenvalue weighted by Crippen LogP contribution is -2.88.